The number of rotatable bonds is 4. The highest BCUT2D eigenvalue weighted by Crippen LogP contribution is 2.35. The van der Waals surface area contributed by atoms with Crippen molar-refractivity contribution in [1.82, 2.24) is 9.55 Å². The Morgan fingerprint density at radius 2 is 1.96 bits per heavy atom. The summed E-state index contributed by atoms with van der Waals surface area (Å²) in [4.78, 5) is 19.3. The number of fused-ring (bicyclic) bond motifs is 1. The van der Waals surface area contributed by atoms with Crippen molar-refractivity contribution in [3.8, 4) is 16.2 Å². The number of nitrogens with zero attached hydrogens (tertiary/aromatic N) is 2. The third-order valence-electron chi connectivity index (χ3n) is 4.54. The Hall–Kier alpha value is -2.99. The number of ether oxygens (including phenoxy) is 1. The average molecular weight is 380 g/mol. The first-order chi connectivity index (χ1) is 13.1. The number of methoxy groups -OCH3 is 1. The van der Waals surface area contributed by atoms with Crippen LogP contribution in [0.2, 0.25) is 0 Å². The molecule has 0 atom stereocenters. The van der Waals surface area contributed by atoms with Crippen LogP contribution in [0.15, 0.2) is 59.7 Å². The Kier molecular flexibility index (Phi) is 4.49. The lowest BCUT2D eigenvalue weighted by atomic mass is 10.1. The maximum atomic E-state index is 13.6. The first kappa shape index (κ1) is 17.4. The molecule has 0 amide bonds. The highest BCUT2D eigenvalue weighted by atomic mass is 32.1. The van der Waals surface area contributed by atoms with Crippen molar-refractivity contribution in [3.63, 3.8) is 0 Å². The molecule has 0 saturated heterocycles. The summed E-state index contributed by atoms with van der Waals surface area (Å²) in [6.07, 6.45) is 1.51. The van der Waals surface area contributed by atoms with E-state index in [2.05, 4.69) is 4.98 Å². The minimum absolute atomic E-state index is 0.137. The predicted molar refractivity (Wildman–Crippen MR) is 106 cm³/mol. The summed E-state index contributed by atoms with van der Waals surface area (Å²) >= 11 is 1.51. The summed E-state index contributed by atoms with van der Waals surface area (Å²) in [5, 5.41) is 0.608. The number of hydrogen-bond acceptors (Lipinski definition) is 4. The van der Waals surface area contributed by atoms with Gasteiger partial charge in [0.1, 0.15) is 16.4 Å². The standard InChI is InChI=1S/C21H17FN2O2S/c1-13-18-20(27-19(13)14-6-4-3-5-7-14)23-12-24(21(18)25)11-15-10-16(22)8-9-17(15)26-2/h3-10,12H,11H2,1-2H3. The topological polar surface area (TPSA) is 44.1 Å². The first-order valence-electron chi connectivity index (χ1n) is 8.45. The van der Waals surface area contributed by atoms with Gasteiger partial charge in [0.2, 0.25) is 0 Å². The maximum absolute atomic E-state index is 13.6. The molecule has 6 heteroatoms. The van der Waals surface area contributed by atoms with Gasteiger partial charge in [-0.05, 0) is 36.2 Å². The molecule has 136 valence electrons. The van der Waals surface area contributed by atoms with Crippen LogP contribution in [0.25, 0.3) is 20.7 Å². The van der Waals surface area contributed by atoms with Gasteiger partial charge < -0.3 is 4.74 Å². The molecule has 0 aliphatic rings. The summed E-state index contributed by atoms with van der Waals surface area (Å²) in [5.74, 6) is 0.168. The number of thiophene rings is 1. The van der Waals surface area contributed by atoms with Crippen LogP contribution in [-0.2, 0) is 6.54 Å². The molecule has 2 heterocycles. The van der Waals surface area contributed by atoms with E-state index in [1.54, 1.807) is 6.07 Å². The molecule has 0 aliphatic carbocycles. The van der Waals surface area contributed by atoms with E-state index in [4.69, 9.17) is 4.74 Å². The Morgan fingerprint density at radius 1 is 1.19 bits per heavy atom. The minimum Gasteiger partial charge on any atom is -0.496 e. The maximum Gasteiger partial charge on any atom is 0.262 e. The summed E-state index contributed by atoms with van der Waals surface area (Å²) in [6.45, 7) is 2.13. The van der Waals surface area contributed by atoms with E-state index in [1.807, 2.05) is 37.3 Å². The molecule has 0 saturated carbocycles. The molecule has 0 bridgehead atoms. The second kappa shape index (κ2) is 6.96. The normalized spacial score (nSPS) is 11.1. The zero-order chi connectivity index (χ0) is 19.0. The van der Waals surface area contributed by atoms with Gasteiger partial charge in [-0.3, -0.25) is 9.36 Å². The third-order valence-corrected chi connectivity index (χ3v) is 5.79. The molecule has 0 fully saturated rings. The van der Waals surface area contributed by atoms with E-state index < -0.39 is 0 Å². The lowest BCUT2D eigenvalue weighted by Gasteiger charge is -2.10. The Bertz CT molecular complexity index is 1180. The molecule has 4 rings (SSSR count). The van der Waals surface area contributed by atoms with Crippen molar-refractivity contribution in [1.29, 1.82) is 0 Å². The largest absolute Gasteiger partial charge is 0.496 e. The van der Waals surface area contributed by atoms with Gasteiger partial charge in [-0.25, -0.2) is 9.37 Å². The van der Waals surface area contributed by atoms with Gasteiger partial charge >= 0.3 is 0 Å². The van der Waals surface area contributed by atoms with Gasteiger partial charge in [-0.15, -0.1) is 11.3 Å². The second-order valence-electron chi connectivity index (χ2n) is 6.24. The van der Waals surface area contributed by atoms with Crippen LogP contribution in [0.4, 0.5) is 4.39 Å². The van der Waals surface area contributed by atoms with Crippen molar-refractivity contribution in [2.24, 2.45) is 0 Å². The Balaban J connectivity index is 1.83. The van der Waals surface area contributed by atoms with Gasteiger partial charge in [0, 0.05) is 10.4 Å². The van der Waals surface area contributed by atoms with Crippen molar-refractivity contribution in [2.45, 2.75) is 13.5 Å². The molecular formula is C21H17FN2O2S. The van der Waals surface area contributed by atoms with Crippen molar-refractivity contribution in [3.05, 3.63) is 82.2 Å². The van der Waals surface area contributed by atoms with Crippen LogP contribution in [0.5, 0.6) is 5.75 Å². The molecule has 2 aromatic carbocycles. The molecular weight excluding hydrogens is 363 g/mol. The highest BCUT2D eigenvalue weighted by molar-refractivity contribution is 7.22. The number of benzene rings is 2. The van der Waals surface area contributed by atoms with Crippen LogP contribution in [0, 0.1) is 12.7 Å². The average Bonchev–Trinajstić information content (AvgIpc) is 3.02. The highest BCUT2D eigenvalue weighted by Gasteiger charge is 2.16. The van der Waals surface area contributed by atoms with E-state index in [9.17, 15) is 9.18 Å². The predicted octanol–water partition coefficient (Wildman–Crippen LogP) is 4.63. The van der Waals surface area contributed by atoms with E-state index in [1.165, 1.54) is 41.5 Å². The van der Waals surface area contributed by atoms with E-state index in [-0.39, 0.29) is 17.9 Å². The first-order valence-corrected chi connectivity index (χ1v) is 9.26. The van der Waals surface area contributed by atoms with Crippen LogP contribution in [-0.4, -0.2) is 16.7 Å². The molecule has 0 aliphatic heterocycles. The smallest absolute Gasteiger partial charge is 0.262 e. The molecule has 0 spiro atoms. The van der Waals surface area contributed by atoms with Gasteiger partial charge in [0.05, 0.1) is 25.4 Å². The van der Waals surface area contributed by atoms with E-state index in [0.717, 1.165) is 16.0 Å². The van der Waals surface area contributed by atoms with Gasteiger partial charge in [0.15, 0.2) is 0 Å². The Labute approximate surface area is 159 Å². The fourth-order valence-corrected chi connectivity index (χ4v) is 4.34. The molecule has 27 heavy (non-hydrogen) atoms. The molecule has 4 aromatic rings. The Morgan fingerprint density at radius 3 is 2.70 bits per heavy atom. The van der Waals surface area contributed by atoms with E-state index in [0.29, 0.717) is 21.5 Å². The summed E-state index contributed by atoms with van der Waals surface area (Å²) < 4.78 is 20.4. The number of aromatic nitrogens is 2. The van der Waals surface area contributed by atoms with Gasteiger partial charge in [-0.1, -0.05) is 30.3 Å². The zero-order valence-corrected chi connectivity index (χ0v) is 15.7. The van der Waals surface area contributed by atoms with Crippen molar-refractivity contribution < 1.29 is 9.13 Å². The van der Waals surface area contributed by atoms with Crippen molar-refractivity contribution in [2.75, 3.05) is 7.11 Å². The molecule has 0 unspecified atom stereocenters. The van der Waals surface area contributed by atoms with Crippen molar-refractivity contribution >= 4 is 21.6 Å². The third kappa shape index (κ3) is 3.13. The molecule has 0 radical (unpaired) electrons. The summed E-state index contributed by atoms with van der Waals surface area (Å²) in [6, 6.07) is 14.2. The second-order valence-corrected chi connectivity index (χ2v) is 7.24. The quantitative estimate of drug-likeness (QED) is 0.518. The van der Waals surface area contributed by atoms with Crippen LogP contribution >= 0.6 is 11.3 Å². The zero-order valence-electron chi connectivity index (χ0n) is 14.9. The number of hydrogen-bond donors (Lipinski definition) is 0. The van der Waals surface area contributed by atoms with Gasteiger partial charge in [-0.2, -0.15) is 0 Å². The van der Waals surface area contributed by atoms with E-state index >= 15 is 0 Å². The minimum atomic E-state index is -0.369. The summed E-state index contributed by atoms with van der Waals surface area (Å²) in [7, 11) is 1.52. The number of halogens is 1. The lowest BCUT2D eigenvalue weighted by Crippen LogP contribution is -2.21. The fourth-order valence-electron chi connectivity index (χ4n) is 3.19. The fraction of sp³-hybridized carbons (Fsp3) is 0.143. The SMILES string of the molecule is COc1ccc(F)cc1Cn1cnc2sc(-c3ccccc3)c(C)c2c1=O. The van der Waals surface area contributed by atoms with Crippen LogP contribution in [0.3, 0.4) is 0 Å². The van der Waals surface area contributed by atoms with Crippen LogP contribution in [0.1, 0.15) is 11.1 Å². The monoisotopic (exact) mass is 380 g/mol. The number of aryl methyl sites for hydroxylation is 1. The lowest BCUT2D eigenvalue weighted by molar-refractivity contribution is 0.406. The van der Waals surface area contributed by atoms with Gasteiger partial charge in [0.25, 0.3) is 5.56 Å². The molecule has 0 N–H and O–H groups in total. The van der Waals surface area contributed by atoms with Crippen LogP contribution < -0.4 is 10.3 Å². The summed E-state index contributed by atoms with van der Waals surface area (Å²) in [5.41, 5.74) is 2.44. The molecule has 4 nitrogen and oxygen atoms in total. The molecule has 2 aromatic heterocycles.